The van der Waals surface area contributed by atoms with Crippen molar-refractivity contribution < 1.29 is 13.9 Å². The molecule has 1 aliphatic carbocycles. The third kappa shape index (κ3) is 2.85. The summed E-state index contributed by atoms with van der Waals surface area (Å²) < 4.78 is 27.5. The van der Waals surface area contributed by atoms with Gasteiger partial charge in [0.05, 0.1) is 5.60 Å². The Morgan fingerprint density at radius 3 is 2.56 bits per heavy atom. The summed E-state index contributed by atoms with van der Waals surface area (Å²) in [5.41, 5.74) is 0.384. The van der Waals surface area contributed by atoms with Crippen molar-refractivity contribution in [3.05, 3.63) is 65.5 Å². The Morgan fingerprint density at radius 1 is 1.12 bits per heavy atom. The summed E-state index contributed by atoms with van der Waals surface area (Å²) in [6.45, 7) is 1.73. The molecular formula is C20H22F2N2O. The van der Waals surface area contributed by atoms with Gasteiger partial charge in [0, 0.05) is 55.0 Å². The molecule has 25 heavy (non-hydrogen) atoms. The van der Waals surface area contributed by atoms with E-state index < -0.39 is 17.2 Å². The van der Waals surface area contributed by atoms with Crippen molar-refractivity contribution in [2.24, 2.45) is 11.8 Å². The highest BCUT2D eigenvalue weighted by atomic mass is 19.2. The van der Waals surface area contributed by atoms with Crippen LogP contribution in [0.2, 0.25) is 0 Å². The molecule has 2 unspecified atom stereocenters. The van der Waals surface area contributed by atoms with Gasteiger partial charge < -0.3 is 5.11 Å². The van der Waals surface area contributed by atoms with E-state index in [4.69, 9.17) is 0 Å². The molecule has 2 aliphatic rings. The molecule has 0 radical (unpaired) electrons. The van der Waals surface area contributed by atoms with E-state index in [9.17, 15) is 13.9 Å². The standard InChI is InChI=1S/C20H22F2N2O/c21-18-8-1-4-14(19(18)22)11-24-12-16-5-2-6-17(13-24)20(16,25)15-7-3-9-23-10-15/h1,3-4,7-10,16-17,25H,2,5-6,11-13H2. The van der Waals surface area contributed by atoms with Crippen LogP contribution in [0.4, 0.5) is 8.78 Å². The second kappa shape index (κ2) is 6.46. The molecule has 2 atom stereocenters. The van der Waals surface area contributed by atoms with Crippen LogP contribution in [-0.4, -0.2) is 28.1 Å². The number of fused-ring (bicyclic) bond motifs is 2. The van der Waals surface area contributed by atoms with Gasteiger partial charge in [0.1, 0.15) is 0 Å². The number of halogens is 2. The third-order valence-electron chi connectivity index (χ3n) is 5.86. The fraction of sp³-hybridized carbons (Fsp3) is 0.450. The van der Waals surface area contributed by atoms with Crippen molar-refractivity contribution in [3.8, 4) is 0 Å². The van der Waals surface area contributed by atoms with Crippen LogP contribution in [-0.2, 0) is 12.1 Å². The lowest BCUT2D eigenvalue weighted by Gasteiger charge is -2.53. The molecule has 1 aliphatic heterocycles. The minimum atomic E-state index is -0.872. The van der Waals surface area contributed by atoms with Crippen molar-refractivity contribution in [1.29, 1.82) is 0 Å². The molecule has 1 saturated carbocycles. The topological polar surface area (TPSA) is 36.4 Å². The Bertz CT molecular complexity index is 739. The zero-order valence-electron chi connectivity index (χ0n) is 14.0. The predicted molar refractivity (Wildman–Crippen MR) is 90.6 cm³/mol. The molecule has 2 aromatic rings. The highest BCUT2D eigenvalue weighted by molar-refractivity contribution is 5.24. The summed E-state index contributed by atoms with van der Waals surface area (Å²) in [5, 5.41) is 11.5. The lowest BCUT2D eigenvalue weighted by molar-refractivity contribution is -0.148. The van der Waals surface area contributed by atoms with Crippen LogP contribution in [0.5, 0.6) is 0 Å². The largest absolute Gasteiger partial charge is 0.384 e. The van der Waals surface area contributed by atoms with E-state index in [1.165, 1.54) is 0 Å². The summed E-state index contributed by atoms with van der Waals surface area (Å²) in [6, 6.07) is 8.13. The van der Waals surface area contributed by atoms with Crippen LogP contribution in [0.3, 0.4) is 0 Å². The first-order valence-corrected chi connectivity index (χ1v) is 8.87. The van der Waals surface area contributed by atoms with Crippen molar-refractivity contribution in [1.82, 2.24) is 9.88 Å². The smallest absolute Gasteiger partial charge is 0.163 e. The van der Waals surface area contributed by atoms with Crippen LogP contribution >= 0.6 is 0 Å². The Balaban J connectivity index is 1.58. The van der Waals surface area contributed by atoms with Crippen LogP contribution in [0, 0.1) is 23.5 Å². The van der Waals surface area contributed by atoms with E-state index in [1.807, 2.05) is 12.1 Å². The normalized spacial score (nSPS) is 29.6. The minimum absolute atomic E-state index is 0.0841. The maximum Gasteiger partial charge on any atom is 0.163 e. The number of aromatic nitrogens is 1. The summed E-state index contributed by atoms with van der Waals surface area (Å²) >= 11 is 0. The molecule has 2 fully saturated rings. The second-order valence-electron chi connectivity index (χ2n) is 7.30. The molecule has 2 bridgehead atoms. The summed E-state index contributed by atoms with van der Waals surface area (Å²) in [4.78, 5) is 6.33. The van der Waals surface area contributed by atoms with Crippen LogP contribution in [0.15, 0.2) is 42.7 Å². The van der Waals surface area contributed by atoms with Gasteiger partial charge >= 0.3 is 0 Å². The first-order valence-electron chi connectivity index (χ1n) is 8.87. The van der Waals surface area contributed by atoms with Gasteiger partial charge in [-0.1, -0.05) is 24.6 Å². The summed E-state index contributed by atoms with van der Waals surface area (Å²) in [5.74, 6) is -1.40. The summed E-state index contributed by atoms with van der Waals surface area (Å²) in [6.07, 6.45) is 6.44. The van der Waals surface area contributed by atoms with Gasteiger partial charge in [0.2, 0.25) is 0 Å². The molecule has 1 saturated heterocycles. The number of aliphatic hydroxyl groups is 1. The lowest BCUT2D eigenvalue weighted by atomic mass is 9.63. The molecular weight excluding hydrogens is 322 g/mol. The van der Waals surface area contributed by atoms with Crippen molar-refractivity contribution in [2.45, 2.75) is 31.4 Å². The molecule has 0 amide bonds. The average molecular weight is 344 g/mol. The maximum absolute atomic E-state index is 14.0. The number of pyridine rings is 1. The molecule has 1 aromatic heterocycles. The monoisotopic (exact) mass is 344 g/mol. The number of hydrogen-bond acceptors (Lipinski definition) is 3. The number of likely N-dealkylation sites (tertiary alicyclic amines) is 1. The molecule has 1 aromatic carbocycles. The van der Waals surface area contributed by atoms with Crippen molar-refractivity contribution in [3.63, 3.8) is 0 Å². The highest BCUT2D eigenvalue weighted by Gasteiger charge is 2.51. The second-order valence-corrected chi connectivity index (χ2v) is 7.30. The third-order valence-corrected chi connectivity index (χ3v) is 5.86. The first-order chi connectivity index (χ1) is 12.1. The van der Waals surface area contributed by atoms with Gasteiger partial charge in [0.15, 0.2) is 11.6 Å². The highest BCUT2D eigenvalue weighted by Crippen LogP contribution is 2.49. The first kappa shape index (κ1) is 16.6. The predicted octanol–water partition coefficient (Wildman–Crippen LogP) is 3.48. The van der Waals surface area contributed by atoms with E-state index in [1.54, 1.807) is 24.5 Å². The van der Waals surface area contributed by atoms with Gasteiger partial charge in [-0.2, -0.15) is 0 Å². The maximum atomic E-state index is 14.0. The average Bonchev–Trinajstić information content (AvgIpc) is 2.60. The van der Waals surface area contributed by atoms with E-state index in [0.717, 1.165) is 30.9 Å². The zero-order chi connectivity index (χ0) is 17.4. The van der Waals surface area contributed by atoms with E-state index in [2.05, 4.69) is 9.88 Å². The number of piperidine rings is 1. The molecule has 1 N–H and O–H groups in total. The van der Waals surface area contributed by atoms with E-state index in [-0.39, 0.29) is 11.8 Å². The fourth-order valence-corrected chi connectivity index (χ4v) is 4.65. The Kier molecular flexibility index (Phi) is 4.29. The van der Waals surface area contributed by atoms with Gasteiger partial charge in [-0.15, -0.1) is 0 Å². The zero-order valence-corrected chi connectivity index (χ0v) is 14.0. The Morgan fingerprint density at radius 2 is 1.88 bits per heavy atom. The van der Waals surface area contributed by atoms with E-state index >= 15 is 0 Å². The number of benzene rings is 1. The summed E-state index contributed by atoms with van der Waals surface area (Å²) in [7, 11) is 0. The molecule has 0 spiro atoms. The molecule has 132 valence electrons. The van der Waals surface area contributed by atoms with E-state index in [0.29, 0.717) is 25.2 Å². The molecule has 2 heterocycles. The van der Waals surface area contributed by atoms with Crippen LogP contribution in [0.25, 0.3) is 0 Å². The number of rotatable bonds is 3. The SMILES string of the molecule is OC1(c2cccnc2)C2CCCC1CN(Cc1cccc(F)c1F)C2. The van der Waals surface area contributed by atoms with Gasteiger partial charge in [-0.25, -0.2) is 8.78 Å². The number of nitrogens with zero attached hydrogens (tertiary/aromatic N) is 2. The molecule has 5 heteroatoms. The van der Waals surface area contributed by atoms with Crippen molar-refractivity contribution >= 4 is 0 Å². The Labute approximate surface area is 146 Å². The van der Waals surface area contributed by atoms with Crippen molar-refractivity contribution in [2.75, 3.05) is 13.1 Å². The fourth-order valence-electron chi connectivity index (χ4n) is 4.65. The molecule has 4 rings (SSSR count). The van der Waals surface area contributed by atoms with Gasteiger partial charge in [-0.3, -0.25) is 9.88 Å². The minimum Gasteiger partial charge on any atom is -0.384 e. The number of hydrogen-bond donors (Lipinski definition) is 1. The van der Waals surface area contributed by atoms with Crippen LogP contribution in [0.1, 0.15) is 30.4 Å². The van der Waals surface area contributed by atoms with Gasteiger partial charge in [-0.05, 0) is 25.0 Å². The molecule has 3 nitrogen and oxygen atoms in total. The van der Waals surface area contributed by atoms with Gasteiger partial charge in [0.25, 0.3) is 0 Å². The lowest BCUT2D eigenvalue weighted by Crippen LogP contribution is -2.57. The van der Waals surface area contributed by atoms with Crippen LogP contribution < -0.4 is 0 Å². The quantitative estimate of drug-likeness (QED) is 0.926. The Hall–Kier alpha value is -1.85.